The lowest BCUT2D eigenvalue weighted by atomic mass is 10.0. The highest BCUT2D eigenvalue weighted by Gasteiger charge is 2.29. The highest BCUT2D eigenvalue weighted by Crippen LogP contribution is 2.19. The standard InChI is InChI=1S/C16H17FN4O2/c1-3-21-10(2)8-15(19-21)18-16(22)14-9-13(20-23-14)11-4-6-12(17)7-5-11/h4-8,14H,3,9H2,1-2H3,(H,18,19,22). The van der Waals surface area contributed by atoms with Gasteiger partial charge in [0.1, 0.15) is 5.82 Å². The Kier molecular flexibility index (Phi) is 4.10. The fraction of sp³-hybridized carbons (Fsp3) is 0.312. The van der Waals surface area contributed by atoms with Crippen molar-refractivity contribution >= 4 is 17.4 Å². The van der Waals surface area contributed by atoms with Crippen molar-refractivity contribution in [3.63, 3.8) is 0 Å². The maximum Gasteiger partial charge on any atom is 0.269 e. The molecule has 2 heterocycles. The smallest absolute Gasteiger partial charge is 0.269 e. The summed E-state index contributed by atoms with van der Waals surface area (Å²) in [5.41, 5.74) is 2.34. The van der Waals surface area contributed by atoms with Gasteiger partial charge in [-0.2, -0.15) is 5.10 Å². The van der Waals surface area contributed by atoms with E-state index in [9.17, 15) is 9.18 Å². The second-order valence-electron chi connectivity index (χ2n) is 5.32. The topological polar surface area (TPSA) is 68.5 Å². The summed E-state index contributed by atoms with van der Waals surface area (Å²) >= 11 is 0. The Bertz CT molecular complexity index is 752. The number of oxime groups is 1. The molecule has 1 aromatic carbocycles. The number of nitrogens with zero attached hydrogens (tertiary/aromatic N) is 3. The van der Waals surface area contributed by atoms with Gasteiger partial charge in [-0.1, -0.05) is 17.3 Å². The molecule has 1 aliphatic rings. The molecule has 6 nitrogen and oxygen atoms in total. The number of nitrogens with one attached hydrogen (secondary N) is 1. The molecule has 0 fully saturated rings. The molecule has 2 aromatic rings. The van der Waals surface area contributed by atoms with E-state index in [4.69, 9.17) is 4.84 Å². The number of hydrogen-bond donors (Lipinski definition) is 1. The second-order valence-corrected chi connectivity index (χ2v) is 5.32. The van der Waals surface area contributed by atoms with E-state index >= 15 is 0 Å². The Hall–Kier alpha value is -2.70. The maximum absolute atomic E-state index is 12.9. The number of rotatable bonds is 4. The fourth-order valence-electron chi connectivity index (χ4n) is 2.43. The number of carbonyl (C=O) groups is 1. The molecule has 23 heavy (non-hydrogen) atoms. The van der Waals surface area contributed by atoms with Gasteiger partial charge in [-0.3, -0.25) is 9.48 Å². The molecule has 0 spiro atoms. The first-order valence-corrected chi connectivity index (χ1v) is 7.40. The van der Waals surface area contributed by atoms with Crippen LogP contribution in [0.25, 0.3) is 0 Å². The van der Waals surface area contributed by atoms with Crippen LogP contribution in [-0.2, 0) is 16.2 Å². The van der Waals surface area contributed by atoms with Crippen LogP contribution in [0.3, 0.4) is 0 Å². The van der Waals surface area contributed by atoms with Crippen molar-refractivity contribution in [1.29, 1.82) is 0 Å². The average molecular weight is 316 g/mol. The largest absolute Gasteiger partial charge is 0.382 e. The van der Waals surface area contributed by atoms with Crippen LogP contribution in [0.1, 0.15) is 24.6 Å². The van der Waals surface area contributed by atoms with E-state index in [-0.39, 0.29) is 11.7 Å². The summed E-state index contributed by atoms with van der Waals surface area (Å²) in [6.07, 6.45) is -0.368. The fourth-order valence-corrected chi connectivity index (χ4v) is 2.43. The Morgan fingerprint density at radius 2 is 2.17 bits per heavy atom. The lowest BCUT2D eigenvalue weighted by Gasteiger charge is -2.07. The summed E-state index contributed by atoms with van der Waals surface area (Å²) < 4.78 is 14.7. The van der Waals surface area contributed by atoms with Gasteiger partial charge in [0.05, 0.1) is 5.71 Å². The van der Waals surface area contributed by atoms with E-state index in [0.717, 1.165) is 17.8 Å². The molecule has 7 heteroatoms. The quantitative estimate of drug-likeness (QED) is 0.942. The molecule has 1 aliphatic heterocycles. The summed E-state index contributed by atoms with van der Waals surface area (Å²) in [7, 11) is 0. The number of hydrogen-bond acceptors (Lipinski definition) is 4. The van der Waals surface area contributed by atoms with E-state index in [2.05, 4.69) is 15.6 Å². The summed E-state index contributed by atoms with van der Waals surface area (Å²) in [5.74, 6) is -0.121. The first kappa shape index (κ1) is 15.2. The highest BCUT2D eigenvalue weighted by molar-refractivity contribution is 6.05. The van der Waals surface area contributed by atoms with E-state index in [1.807, 2.05) is 13.8 Å². The predicted molar refractivity (Wildman–Crippen MR) is 83.7 cm³/mol. The van der Waals surface area contributed by atoms with Gasteiger partial charge in [0.15, 0.2) is 5.82 Å². The number of anilines is 1. The Labute approximate surface area is 132 Å². The summed E-state index contributed by atoms with van der Waals surface area (Å²) in [4.78, 5) is 17.4. The third-order valence-electron chi connectivity index (χ3n) is 3.67. The predicted octanol–water partition coefficient (Wildman–Crippen LogP) is 2.48. The van der Waals surface area contributed by atoms with Gasteiger partial charge in [-0.25, -0.2) is 4.39 Å². The lowest BCUT2D eigenvalue weighted by molar-refractivity contribution is -0.125. The van der Waals surface area contributed by atoms with Crippen LogP contribution in [0.5, 0.6) is 0 Å². The molecule has 1 unspecified atom stereocenters. The molecule has 0 saturated carbocycles. The number of aryl methyl sites for hydroxylation is 2. The van der Waals surface area contributed by atoms with Crippen LogP contribution in [0.15, 0.2) is 35.5 Å². The molecule has 1 amide bonds. The minimum Gasteiger partial charge on any atom is -0.382 e. The zero-order chi connectivity index (χ0) is 16.4. The van der Waals surface area contributed by atoms with Gasteiger partial charge in [-0.05, 0) is 31.5 Å². The molecule has 1 atom stereocenters. The summed E-state index contributed by atoms with van der Waals surface area (Å²) in [5, 5.41) is 10.9. The van der Waals surface area contributed by atoms with Crippen LogP contribution in [0, 0.1) is 12.7 Å². The van der Waals surface area contributed by atoms with Crippen LogP contribution < -0.4 is 5.32 Å². The third kappa shape index (κ3) is 3.23. The van der Waals surface area contributed by atoms with Gasteiger partial charge < -0.3 is 10.2 Å². The molecular formula is C16H17FN4O2. The van der Waals surface area contributed by atoms with Gasteiger partial charge in [0.2, 0.25) is 6.10 Å². The summed E-state index contributed by atoms with van der Waals surface area (Å²) in [6, 6.07) is 7.74. The number of aromatic nitrogens is 2. The Balaban J connectivity index is 1.63. The van der Waals surface area contributed by atoms with E-state index in [1.54, 1.807) is 22.9 Å². The minimum atomic E-state index is -0.706. The number of carbonyl (C=O) groups excluding carboxylic acids is 1. The molecule has 0 saturated heterocycles. The maximum atomic E-state index is 12.9. The van der Waals surface area contributed by atoms with Crippen LogP contribution in [0.2, 0.25) is 0 Å². The van der Waals surface area contributed by atoms with Crippen LogP contribution in [-0.4, -0.2) is 27.5 Å². The molecule has 0 aliphatic carbocycles. The van der Waals surface area contributed by atoms with E-state index in [1.165, 1.54) is 12.1 Å². The minimum absolute atomic E-state index is 0.299. The number of benzene rings is 1. The van der Waals surface area contributed by atoms with Gasteiger partial charge in [0, 0.05) is 24.7 Å². The average Bonchev–Trinajstić information content (AvgIpc) is 3.15. The van der Waals surface area contributed by atoms with Crippen molar-refractivity contribution in [2.75, 3.05) is 5.32 Å². The monoisotopic (exact) mass is 316 g/mol. The van der Waals surface area contributed by atoms with Crippen LogP contribution in [0.4, 0.5) is 10.2 Å². The van der Waals surface area contributed by atoms with Crippen molar-refractivity contribution in [3.8, 4) is 0 Å². The second kappa shape index (κ2) is 6.20. The first-order valence-electron chi connectivity index (χ1n) is 7.40. The third-order valence-corrected chi connectivity index (χ3v) is 3.67. The van der Waals surface area contributed by atoms with Gasteiger partial charge in [0.25, 0.3) is 5.91 Å². The van der Waals surface area contributed by atoms with Crippen LogP contribution >= 0.6 is 0 Å². The molecule has 0 radical (unpaired) electrons. The zero-order valence-corrected chi connectivity index (χ0v) is 12.9. The molecule has 3 rings (SSSR count). The van der Waals surface area contributed by atoms with E-state index < -0.39 is 6.10 Å². The number of halogens is 1. The van der Waals surface area contributed by atoms with Gasteiger partial charge in [-0.15, -0.1) is 0 Å². The first-order chi connectivity index (χ1) is 11.1. The van der Waals surface area contributed by atoms with Crippen molar-refractivity contribution in [2.24, 2.45) is 5.16 Å². The SMILES string of the molecule is CCn1nc(NC(=O)C2CC(c3ccc(F)cc3)=NO2)cc1C. The van der Waals surface area contributed by atoms with Crippen molar-refractivity contribution in [3.05, 3.63) is 47.4 Å². The molecule has 1 N–H and O–H groups in total. The van der Waals surface area contributed by atoms with Gasteiger partial charge >= 0.3 is 0 Å². The Morgan fingerprint density at radius 3 is 2.83 bits per heavy atom. The number of amides is 1. The summed E-state index contributed by atoms with van der Waals surface area (Å²) in [6.45, 7) is 4.64. The van der Waals surface area contributed by atoms with Crippen molar-refractivity contribution < 1.29 is 14.0 Å². The lowest BCUT2D eigenvalue weighted by Crippen LogP contribution is -2.28. The highest BCUT2D eigenvalue weighted by atomic mass is 19.1. The van der Waals surface area contributed by atoms with Crippen molar-refractivity contribution in [1.82, 2.24) is 9.78 Å². The molecule has 1 aromatic heterocycles. The molecule has 0 bridgehead atoms. The normalized spacial score (nSPS) is 16.8. The molecule has 120 valence electrons. The molecular weight excluding hydrogens is 299 g/mol. The zero-order valence-electron chi connectivity index (χ0n) is 12.9. The van der Waals surface area contributed by atoms with Crippen molar-refractivity contribution in [2.45, 2.75) is 32.9 Å². The Morgan fingerprint density at radius 1 is 1.43 bits per heavy atom. The van der Waals surface area contributed by atoms with E-state index in [0.29, 0.717) is 18.0 Å².